The molecule has 0 atom stereocenters. The number of pyridine rings is 1. The molecule has 0 bridgehead atoms. The zero-order chi connectivity index (χ0) is 14.3. The van der Waals surface area contributed by atoms with Crippen molar-refractivity contribution in [3.63, 3.8) is 0 Å². The van der Waals surface area contributed by atoms with Gasteiger partial charge < -0.3 is 5.73 Å². The number of fused-ring (bicyclic) bond motifs is 1. The molecule has 3 nitrogen and oxygen atoms in total. The zero-order valence-electron chi connectivity index (χ0n) is 10.3. The first-order valence-electron chi connectivity index (χ1n) is 5.93. The van der Waals surface area contributed by atoms with Crippen LogP contribution < -0.4 is 5.73 Å². The predicted octanol–water partition coefficient (Wildman–Crippen LogP) is 3.36. The molecule has 102 valence electrons. The van der Waals surface area contributed by atoms with Crippen molar-refractivity contribution in [2.75, 3.05) is 5.73 Å². The van der Waals surface area contributed by atoms with Crippen LogP contribution in [-0.4, -0.2) is 10.7 Å². The molecule has 0 saturated carbocycles. The number of aliphatic imine (C=N–C) groups is 1. The van der Waals surface area contributed by atoms with E-state index < -0.39 is 11.7 Å². The predicted molar refractivity (Wildman–Crippen MR) is 70.0 cm³/mol. The minimum absolute atomic E-state index is 0.353. The molecule has 0 fully saturated rings. The Kier molecular flexibility index (Phi) is 2.74. The highest BCUT2D eigenvalue weighted by molar-refractivity contribution is 6.09. The number of rotatable bonds is 1. The van der Waals surface area contributed by atoms with Gasteiger partial charge in [0.15, 0.2) is 0 Å². The van der Waals surface area contributed by atoms with Crippen LogP contribution in [0.25, 0.3) is 0 Å². The summed E-state index contributed by atoms with van der Waals surface area (Å²) in [6, 6.07) is 5.32. The van der Waals surface area contributed by atoms with Crippen LogP contribution >= 0.6 is 0 Å². The van der Waals surface area contributed by atoms with E-state index in [2.05, 4.69) is 9.98 Å². The molecule has 0 radical (unpaired) electrons. The minimum Gasteiger partial charge on any atom is -0.397 e. The highest BCUT2D eigenvalue weighted by Crippen LogP contribution is 2.36. The summed E-state index contributed by atoms with van der Waals surface area (Å²) >= 11 is 0. The first-order chi connectivity index (χ1) is 9.45. The van der Waals surface area contributed by atoms with Gasteiger partial charge in [-0.2, -0.15) is 13.2 Å². The van der Waals surface area contributed by atoms with Crippen molar-refractivity contribution in [1.29, 1.82) is 0 Å². The van der Waals surface area contributed by atoms with Gasteiger partial charge in [0.1, 0.15) is 0 Å². The van der Waals surface area contributed by atoms with E-state index in [1.807, 2.05) is 0 Å². The minimum atomic E-state index is -4.36. The van der Waals surface area contributed by atoms with Crippen LogP contribution in [0.1, 0.15) is 16.7 Å². The summed E-state index contributed by atoms with van der Waals surface area (Å²) in [6.07, 6.45) is -0.801. The van der Waals surface area contributed by atoms with E-state index in [1.165, 1.54) is 12.3 Å². The molecule has 1 aliphatic heterocycles. The maximum absolute atomic E-state index is 12.7. The summed E-state index contributed by atoms with van der Waals surface area (Å²) < 4.78 is 38.0. The number of nitrogens with two attached hydrogens (primary N) is 1. The van der Waals surface area contributed by atoms with E-state index in [-0.39, 0.29) is 0 Å². The summed E-state index contributed by atoms with van der Waals surface area (Å²) in [5, 5.41) is 0. The molecule has 0 unspecified atom stereocenters. The number of hydrogen-bond donors (Lipinski definition) is 1. The lowest BCUT2D eigenvalue weighted by Crippen LogP contribution is -2.05. The van der Waals surface area contributed by atoms with Gasteiger partial charge in [0.25, 0.3) is 0 Å². The van der Waals surface area contributed by atoms with Crippen LogP contribution in [0.4, 0.5) is 24.5 Å². The average molecular weight is 277 g/mol. The number of nitrogen functional groups attached to an aromatic ring is 1. The van der Waals surface area contributed by atoms with Crippen molar-refractivity contribution >= 4 is 17.1 Å². The molecule has 0 saturated heterocycles. The number of hydrogen-bond acceptors (Lipinski definition) is 3. The molecule has 6 heteroatoms. The topological polar surface area (TPSA) is 51.3 Å². The molecule has 1 aromatic carbocycles. The Morgan fingerprint density at radius 2 is 1.95 bits per heavy atom. The van der Waals surface area contributed by atoms with Crippen LogP contribution in [0.2, 0.25) is 0 Å². The van der Waals surface area contributed by atoms with Gasteiger partial charge in [-0.05, 0) is 23.8 Å². The SMILES string of the molecule is Nc1cnccc1C1=Nc2cc(C(F)(F)F)ccc2C1. The van der Waals surface area contributed by atoms with Crippen molar-refractivity contribution in [3.8, 4) is 0 Å². The van der Waals surface area contributed by atoms with Crippen LogP contribution in [0.15, 0.2) is 41.7 Å². The summed E-state index contributed by atoms with van der Waals surface area (Å²) in [6.45, 7) is 0. The number of aromatic nitrogens is 1. The van der Waals surface area contributed by atoms with E-state index in [4.69, 9.17) is 5.73 Å². The number of nitrogens with zero attached hydrogens (tertiary/aromatic N) is 2. The Labute approximate surface area is 113 Å². The normalized spacial score (nSPS) is 14.1. The van der Waals surface area contributed by atoms with Crippen molar-refractivity contribution in [2.24, 2.45) is 4.99 Å². The highest BCUT2D eigenvalue weighted by Gasteiger charge is 2.32. The fourth-order valence-electron chi connectivity index (χ4n) is 2.18. The molecule has 2 heterocycles. The first kappa shape index (κ1) is 12.7. The number of halogens is 3. The maximum Gasteiger partial charge on any atom is 0.416 e. The van der Waals surface area contributed by atoms with E-state index in [1.54, 1.807) is 12.3 Å². The third kappa shape index (κ3) is 2.13. The second-order valence-electron chi connectivity index (χ2n) is 4.54. The van der Waals surface area contributed by atoms with E-state index in [9.17, 15) is 13.2 Å². The molecule has 2 N–H and O–H groups in total. The van der Waals surface area contributed by atoms with Crippen LogP contribution in [-0.2, 0) is 12.6 Å². The van der Waals surface area contributed by atoms with Crippen molar-refractivity contribution in [1.82, 2.24) is 4.98 Å². The Balaban J connectivity index is 2.02. The van der Waals surface area contributed by atoms with E-state index in [0.717, 1.165) is 17.7 Å². The van der Waals surface area contributed by atoms with Crippen LogP contribution in [0.5, 0.6) is 0 Å². The van der Waals surface area contributed by atoms with Gasteiger partial charge >= 0.3 is 6.18 Å². The van der Waals surface area contributed by atoms with Gasteiger partial charge in [0.2, 0.25) is 0 Å². The zero-order valence-corrected chi connectivity index (χ0v) is 10.3. The van der Waals surface area contributed by atoms with E-state index >= 15 is 0 Å². The molecule has 1 aliphatic rings. The summed E-state index contributed by atoms with van der Waals surface area (Å²) in [5.41, 5.74) is 8.09. The lowest BCUT2D eigenvalue weighted by molar-refractivity contribution is -0.137. The monoisotopic (exact) mass is 277 g/mol. The van der Waals surface area contributed by atoms with Crippen molar-refractivity contribution < 1.29 is 13.2 Å². The van der Waals surface area contributed by atoms with Crippen molar-refractivity contribution in [3.05, 3.63) is 53.3 Å². The molecule has 0 aliphatic carbocycles. The van der Waals surface area contributed by atoms with Crippen molar-refractivity contribution in [2.45, 2.75) is 12.6 Å². The maximum atomic E-state index is 12.7. The summed E-state index contributed by atoms with van der Waals surface area (Å²) in [7, 11) is 0. The largest absolute Gasteiger partial charge is 0.416 e. The second-order valence-corrected chi connectivity index (χ2v) is 4.54. The Morgan fingerprint density at radius 1 is 1.15 bits per heavy atom. The number of anilines is 1. The third-order valence-electron chi connectivity index (χ3n) is 3.19. The lowest BCUT2D eigenvalue weighted by Gasteiger charge is -2.07. The molecule has 1 aromatic heterocycles. The Bertz CT molecular complexity index is 705. The van der Waals surface area contributed by atoms with Gasteiger partial charge in [-0.15, -0.1) is 0 Å². The van der Waals surface area contributed by atoms with E-state index in [0.29, 0.717) is 29.1 Å². The fraction of sp³-hybridized carbons (Fsp3) is 0.143. The molecular weight excluding hydrogens is 267 g/mol. The number of benzene rings is 1. The molecule has 0 spiro atoms. The van der Waals surface area contributed by atoms with Gasteiger partial charge in [-0.25, -0.2) is 0 Å². The fourth-order valence-corrected chi connectivity index (χ4v) is 2.18. The van der Waals surface area contributed by atoms with Gasteiger partial charge in [-0.1, -0.05) is 6.07 Å². The molecule has 0 amide bonds. The quantitative estimate of drug-likeness (QED) is 0.869. The Hall–Kier alpha value is -2.37. The molecule has 2 aromatic rings. The average Bonchev–Trinajstić information content (AvgIpc) is 2.80. The smallest absolute Gasteiger partial charge is 0.397 e. The number of alkyl halides is 3. The van der Waals surface area contributed by atoms with Gasteiger partial charge in [0.05, 0.1) is 28.8 Å². The second kappa shape index (κ2) is 4.33. The highest BCUT2D eigenvalue weighted by atomic mass is 19.4. The first-order valence-corrected chi connectivity index (χ1v) is 5.93. The van der Waals surface area contributed by atoms with Crippen LogP contribution in [0, 0.1) is 0 Å². The Morgan fingerprint density at radius 3 is 2.65 bits per heavy atom. The standard InChI is InChI=1S/C14H10F3N3/c15-14(16,17)9-2-1-8-5-13(20-12(8)6-9)10-3-4-19-7-11(10)18/h1-4,6-7H,5,18H2. The molecule has 3 rings (SSSR count). The summed E-state index contributed by atoms with van der Waals surface area (Å²) in [4.78, 5) is 8.15. The van der Waals surface area contributed by atoms with Gasteiger partial charge in [0, 0.05) is 18.2 Å². The van der Waals surface area contributed by atoms with Crippen LogP contribution in [0.3, 0.4) is 0 Å². The third-order valence-corrected chi connectivity index (χ3v) is 3.19. The molecule has 20 heavy (non-hydrogen) atoms. The lowest BCUT2D eigenvalue weighted by atomic mass is 10.0. The molecular formula is C14H10F3N3. The van der Waals surface area contributed by atoms with Gasteiger partial charge in [-0.3, -0.25) is 9.98 Å². The summed E-state index contributed by atoms with van der Waals surface area (Å²) in [5.74, 6) is 0.